The van der Waals surface area contributed by atoms with E-state index in [1.54, 1.807) is 0 Å². The average molecular weight is 772 g/mol. The first-order valence-electron chi connectivity index (χ1n) is 18.3. The van der Waals surface area contributed by atoms with E-state index < -0.39 is 21.5 Å². The fourth-order valence-corrected chi connectivity index (χ4v) is 40.5. The molecule has 4 heteroatoms. The van der Waals surface area contributed by atoms with E-state index in [9.17, 15) is 0 Å². The monoisotopic (exact) mass is 769 g/mol. The van der Waals surface area contributed by atoms with E-state index in [0.717, 1.165) is 38.5 Å². The molecule has 0 aliphatic heterocycles. The molecule has 2 unspecified atom stereocenters. The van der Waals surface area contributed by atoms with Crippen LogP contribution < -0.4 is 0 Å². The van der Waals surface area contributed by atoms with Gasteiger partial charge in [-0.05, 0) is 0 Å². The maximum absolute atomic E-state index is 8.80. The Bertz CT molecular complexity index is 1760. The summed E-state index contributed by atoms with van der Waals surface area (Å²) >= 11 is -4.86. The van der Waals surface area contributed by atoms with Gasteiger partial charge in [-0.25, -0.2) is 0 Å². The summed E-state index contributed by atoms with van der Waals surface area (Å²) in [6, 6.07) is 27.8. The quantitative estimate of drug-likeness (QED) is 0.133. The van der Waals surface area contributed by atoms with Gasteiger partial charge in [-0.3, -0.25) is 0 Å². The van der Waals surface area contributed by atoms with Gasteiger partial charge in [0, 0.05) is 0 Å². The Labute approximate surface area is 299 Å². The molecule has 0 saturated heterocycles. The van der Waals surface area contributed by atoms with Crippen molar-refractivity contribution in [3.05, 3.63) is 128 Å². The Balaban J connectivity index is 1.60. The summed E-state index contributed by atoms with van der Waals surface area (Å²) < 4.78 is 0.249. The van der Waals surface area contributed by atoms with E-state index in [4.69, 9.17) is 17.0 Å². The molecule has 251 valence electrons. The molecule has 6 rings (SSSR count). The molecule has 0 spiro atoms. The zero-order valence-corrected chi connectivity index (χ0v) is 35.4. The van der Waals surface area contributed by atoms with Crippen LogP contribution >= 0.6 is 17.0 Å². The summed E-state index contributed by atoms with van der Waals surface area (Å²) in [7, 11) is 17.6. The first-order valence-corrected chi connectivity index (χ1v) is 34.6. The third-order valence-corrected chi connectivity index (χ3v) is 63.1. The molecule has 4 aromatic rings. The summed E-state index contributed by atoms with van der Waals surface area (Å²) in [6.45, 7) is 18.4. The molecule has 0 radical (unpaired) electrons. The molecular formula is C44H53Cl2SiZr. The number of benzene rings is 4. The van der Waals surface area contributed by atoms with Crippen molar-refractivity contribution in [2.24, 2.45) is 0 Å². The Morgan fingerprint density at radius 1 is 0.583 bits per heavy atom. The minimum absolute atomic E-state index is 0.125. The predicted molar refractivity (Wildman–Crippen MR) is 214 cm³/mol. The van der Waals surface area contributed by atoms with E-state index in [1.165, 1.54) is 77.9 Å². The number of rotatable bonds is 11. The van der Waals surface area contributed by atoms with Crippen LogP contribution in [0.1, 0.15) is 104 Å². The fraction of sp³-hybridized carbons (Fsp3) is 0.364. The van der Waals surface area contributed by atoms with Crippen LogP contribution in [-0.4, -0.2) is 5.92 Å². The summed E-state index contributed by atoms with van der Waals surface area (Å²) in [5, 5.41) is 0. The molecule has 0 saturated carbocycles. The third-order valence-electron chi connectivity index (χ3n) is 11.2. The van der Waals surface area contributed by atoms with E-state index in [0.29, 0.717) is 0 Å². The van der Waals surface area contributed by atoms with Crippen LogP contribution in [0.3, 0.4) is 0 Å². The van der Waals surface area contributed by atoms with Gasteiger partial charge in [0.1, 0.15) is 0 Å². The fourth-order valence-electron chi connectivity index (χ4n) is 9.02. The minimum atomic E-state index is -4.86. The van der Waals surface area contributed by atoms with Crippen LogP contribution in [0.25, 0.3) is 34.4 Å². The normalized spacial score (nSPS) is 17.9. The second-order valence-corrected chi connectivity index (χ2v) is 57.8. The SMILES string of the molecule is CCCCC1=Cc2c(-c3cc(C)cc(C)c3)cccc2[CH]1[Zr]([Cl])([Cl])([CH]1C(CCCC)=Cc2c(-c3cc(C)cc(C)c3)cccc21)[SiH](C)C. The van der Waals surface area contributed by atoms with E-state index >= 15 is 0 Å². The molecule has 0 amide bonds. The second kappa shape index (κ2) is 14.0. The van der Waals surface area contributed by atoms with Gasteiger partial charge in [-0.2, -0.15) is 0 Å². The second-order valence-electron chi connectivity index (χ2n) is 15.3. The summed E-state index contributed by atoms with van der Waals surface area (Å²) in [5.41, 5.74) is 18.9. The summed E-state index contributed by atoms with van der Waals surface area (Å²) in [4.78, 5) is 0. The van der Waals surface area contributed by atoms with Gasteiger partial charge in [0.05, 0.1) is 0 Å². The molecule has 4 aromatic carbocycles. The van der Waals surface area contributed by atoms with Gasteiger partial charge in [0.25, 0.3) is 0 Å². The number of fused-ring (bicyclic) bond motifs is 2. The molecule has 0 N–H and O–H groups in total. The molecule has 0 bridgehead atoms. The average Bonchev–Trinajstić information content (AvgIpc) is 3.61. The Morgan fingerprint density at radius 3 is 1.29 bits per heavy atom. The molecule has 0 heterocycles. The van der Waals surface area contributed by atoms with E-state index in [1.807, 2.05) is 0 Å². The first kappa shape index (κ1) is 35.9. The number of allylic oxidation sites excluding steroid dienone is 2. The van der Waals surface area contributed by atoms with Gasteiger partial charge in [0.2, 0.25) is 0 Å². The zero-order chi connectivity index (χ0) is 34.4. The Hall–Kier alpha value is -1.96. The van der Waals surface area contributed by atoms with Gasteiger partial charge >= 0.3 is 302 Å². The van der Waals surface area contributed by atoms with Crippen LogP contribution in [0.5, 0.6) is 0 Å². The van der Waals surface area contributed by atoms with Crippen molar-refractivity contribution < 1.29 is 15.6 Å². The first-order chi connectivity index (χ1) is 22.9. The maximum atomic E-state index is 8.80. The van der Waals surface area contributed by atoms with Crippen LogP contribution in [0.2, 0.25) is 13.1 Å². The van der Waals surface area contributed by atoms with Gasteiger partial charge < -0.3 is 0 Å². The Kier molecular flexibility index (Phi) is 10.4. The van der Waals surface area contributed by atoms with Crippen LogP contribution in [-0.2, 0) is 15.6 Å². The molecule has 2 aliphatic carbocycles. The van der Waals surface area contributed by atoms with E-state index in [2.05, 4.69) is 140 Å². The van der Waals surface area contributed by atoms with Gasteiger partial charge in [-0.1, -0.05) is 0 Å². The number of hydrogen-bond acceptors (Lipinski definition) is 0. The molecule has 0 aromatic heterocycles. The summed E-state index contributed by atoms with van der Waals surface area (Å²) in [6.07, 6.45) is 11.8. The van der Waals surface area contributed by atoms with Crippen LogP contribution in [0.15, 0.2) is 83.9 Å². The molecule has 2 aliphatic rings. The zero-order valence-electron chi connectivity index (χ0n) is 30.3. The number of halogens is 2. The van der Waals surface area contributed by atoms with Crippen molar-refractivity contribution in [2.45, 2.75) is 100 Å². The van der Waals surface area contributed by atoms with Crippen LogP contribution in [0.4, 0.5) is 0 Å². The van der Waals surface area contributed by atoms with Crippen molar-refractivity contribution in [1.82, 2.24) is 0 Å². The van der Waals surface area contributed by atoms with Crippen LogP contribution in [0, 0.1) is 27.7 Å². The molecule has 2 atom stereocenters. The van der Waals surface area contributed by atoms with Gasteiger partial charge in [0.15, 0.2) is 0 Å². The summed E-state index contributed by atoms with van der Waals surface area (Å²) in [5.74, 6) is -1.64. The molecular weight excluding hydrogens is 719 g/mol. The van der Waals surface area contributed by atoms with Crippen molar-refractivity contribution in [3.8, 4) is 22.3 Å². The number of aryl methyl sites for hydroxylation is 4. The molecule has 0 fully saturated rings. The van der Waals surface area contributed by atoms with Crippen molar-refractivity contribution >= 4 is 35.1 Å². The number of hydrogen-bond donors (Lipinski definition) is 0. The van der Waals surface area contributed by atoms with Crippen molar-refractivity contribution in [1.29, 1.82) is 0 Å². The molecule has 48 heavy (non-hydrogen) atoms. The van der Waals surface area contributed by atoms with Crippen molar-refractivity contribution in [2.75, 3.05) is 0 Å². The Morgan fingerprint density at radius 2 is 0.958 bits per heavy atom. The van der Waals surface area contributed by atoms with Gasteiger partial charge in [-0.15, -0.1) is 0 Å². The third kappa shape index (κ3) is 6.27. The molecule has 0 nitrogen and oxygen atoms in total. The number of unbranched alkanes of at least 4 members (excludes halogenated alkanes) is 2. The van der Waals surface area contributed by atoms with Crippen molar-refractivity contribution in [3.63, 3.8) is 0 Å². The predicted octanol–water partition coefficient (Wildman–Crippen LogP) is 14.2. The standard InChI is InChI=1S/2C21H23.C2H7Si.2ClH.Zr/c2*1-4-5-7-17-13-18-8-6-9-20(21(18)14-17)19-11-15(2)10-16(3)12-19;1-3-2;;;/h2*6,8-14H,4-5,7H2,1-3H3;3H,1-2H3;2*1H;/q;;;;;+2/p-2. The topological polar surface area (TPSA) is 0 Å². The van der Waals surface area contributed by atoms with E-state index in [-0.39, 0.29) is 7.25 Å².